The van der Waals surface area contributed by atoms with Crippen molar-refractivity contribution in [3.05, 3.63) is 31.0 Å². The normalized spacial score (nSPS) is 12.1. The molecule has 6 nitrogen and oxygen atoms in total. The van der Waals surface area contributed by atoms with Gasteiger partial charge in [-0.15, -0.1) is 0 Å². The molecule has 6 heteroatoms. The average Bonchev–Trinajstić information content (AvgIpc) is 2.87. The average molecular weight is 260 g/mol. The highest BCUT2D eigenvalue weighted by Crippen LogP contribution is 2.26. The maximum absolute atomic E-state index is 11.8. The lowest BCUT2D eigenvalue weighted by Crippen LogP contribution is -2.19. The molecule has 0 saturated heterocycles. The minimum atomic E-state index is -0.461. The highest BCUT2D eigenvalue weighted by molar-refractivity contribution is 5.77. The van der Waals surface area contributed by atoms with Crippen LogP contribution in [0.3, 0.4) is 0 Å². The predicted molar refractivity (Wildman–Crippen MR) is 71.2 cm³/mol. The molecule has 1 atom stereocenters. The van der Waals surface area contributed by atoms with Gasteiger partial charge in [-0.1, -0.05) is 0 Å². The second-order valence-corrected chi connectivity index (χ2v) is 4.08. The summed E-state index contributed by atoms with van der Waals surface area (Å²) in [5.74, 6) is -0.302. The van der Waals surface area contributed by atoms with Crippen LogP contribution in [0.25, 0.3) is 11.3 Å². The predicted octanol–water partition coefficient (Wildman–Crippen LogP) is 1.65. The molecule has 0 aliphatic carbocycles. The largest absolute Gasteiger partial charge is 0.464 e. The number of aromatic nitrogens is 3. The number of hydrogen-bond acceptors (Lipinski definition) is 5. The van der Waals surface area contributed by atoms with E-state index in [2.05, 4.69) is 9.97 Å². The molecule has 100 valence electrons. The van der Waals surface area contributed by atoms with Crippen molar-refractivity contribution in [1.82, 2.24) is 14.5 Å². The first-order valence-corrected chi connectivity index (χ1v) is 6.03. The molecule has 2 aromatic rings. The van der Waals surface area contributed by atoms with E-state index in [-0.39, 0.29) is 5.97 Å². The lowest BCUT2D eigenvalue weighted by atomic mass is 10.1. The van der Waals surface area contributed by atoms with Crippen molar-refractivity contribution in [2.24, 2.45) is 0 Å². The molecule has 2 heterocycles. The molecule has 0 amide bonds. The van der Waals surface area contributed by atoms with Crippen LogP contribution in [0.1, 0.15) is 19.9 Å². The first-order valence-electron chi connectivity index (χ1n) is 6.03. The third-order valence-corrected chi connectivity index (χ3v) is 2.84. The fourth-order valence-electron chi connectivity index (χ4n) is 1.82. The third-order valence-electron chi connectivity index (χ3n) is 2.84. The molecule has 0 saturated carbocycles. The van der Waals surface area contributed by atoms with Crippen molar-refractivity contribution < 1.29 is 9.53 Å². The van der Waals surface area contributed by atoms with E-state index < -0.39 is 6.04 Å². The summed E-state index contributed by atoms with van der Waals surface area (Å²) >= 11 is 0. The molecule has 0 bridgehead atoms. The Morgan fingerprint density at radius 2 is 2.26 bits per heavy atom. The topological polar surface area (TPSA) is 83.0 Å². The number of rotatable bonds is 4. The van der Waals surface area contributed by atoms with Crippen molar-refractivity contribution in [3.63, 3.8) is 0 Å². The van der Waals surface area contributed by atoms with Gasteiger partial charge in [0.05, 0.1) is 24.8 Å². The van der Waals surface area contributed by atoms with Crippen LogP contribution in [0.15, 0.2) is 31.0 Å². The van der Waals surface area contributed by atoms with Crippen LogP contribution >= 0.6 is 0 Å². The van der Waals surface area contributed by atoms with E-state index in [1.54, 1.807) is 49.4 Å². The molecule has 0 aliphatic rings. The minimum absolute atomic E-state index is 0.302. The summed E-state index contributed by atoms with van der Waals surface area (Å²) < 4.78 is 6.74. The number of esters is 1. The molecule has 0 fully saturated rings. The number of carbonyl (C=O) groups is 1. The highest BCUT2D eigenvalue weighted by atomic mass is 16.5. The van der Waals surface area contributed by atoms with Crippen LogP contribution in [-0.4, -0.2) is 27.1 Å². The fourth-order valence-corrected chi connectivity index (χ4v) is 1.82. The summed E-state index contributed by atoms with van der Waals surface area (Å²) in [4.78, 5) is 19.9. The molecule has 0 radical (unpaired) electrons. The molecule has 0 aliphatic heterocycles. The number of nitrogen functional groups attached to an aromatic ring is 1. The zero-order valence-corrected chi connectivity index (χ0v) is 10.9. The van der Waals surface area contributed by atoms with Gasteiger partial charge in [0, 0.05) is 23.6 Å². The van der Waals surface area contributed by atoms with Crippen LogP contribution in [0, 0.1) is 0 Å². The van der Waals surface area contributed by atoms with Gasteiger partial charge in [-0.3, -0.25) is 4.98 Å². The van der Waals surface area contributed by atoms with Crippen LogP contribution in [0.5, 0.6) is 0 Å². The van der Waals surface area contributed by atoms with Crippen LogP contribution in [-0.2, 0) is 9.53 Å². The number of ether oxygens (including phenoxy) is 1. The Bertz CT molecular complexity index is 580. The molecule has 2 rings (SSSR count). The van der Waals surface area contributed by atoms with Gasteiger partial charge in [0.2, 0.25) is 0 Å². The van der Waals surface area contributed by atoms with E-state index in [1.807, 2.05) is 0 Å². The number of carbonyl (C=O) groups excluding carboxylic acids is 1. The summed E-state index contributed by atoms with van der Waals surface area (Å²) in [7, 11) is 0. The van der Waals surface area contributed by atoms with Crippen molar-refractivity contribution in [2.45, 2.75) is 19.9 Å². The van der Waals surface area contributed by atoms with Crippen LogP contribution < -0.4 is 5.73 Å². The van der Waals surface area contributed by atoms with Gasteiger partial charge in [0.25, 0.3) is 0 Å². The molecule has 2 aromatic heterocycles. The Kier molecular flexibility index (Phi) is 3.79. The number of imidazole rings is 1. The second-order valence-electron chi connectivity index (χ2n) is 4.08. The monoisotopic (exact) mass is 260 g/mol. The SMILES string of the molecule is CCOC(=O)C(C)n1cncc1-c1cnccc1N. The van der Waals surface area contributed by atoms with Crippen LogP contribution in [0.2, 0.25) is 0 Å². The second kappa shape index (κ2) is 5.51. The number of nitrogens with zero attached hydrogens (tertiary/aromatic N) is 3. The first-order chi connectivity index (χ1) is 9.15. The Balaban J connectivity index is 2.38. The Labute approximate surface area is 111 Å². The molecule has 0 spiro atoms. The zero-order chi connectivity index (χ0) is 13.8. The lowest BCUT2D eigenvalue weighted by molar-refractivity contribution is -0.146. The molecule has 0 aromatic carbocycles. The van der Waals surface area contributed by atoms with E-state index in [0.29, 0.717) is 12.3 Å². The van der Waals surface area contributed by atoms with Gasteiger partial charge in [0.1, 0.15) is 6.04 Å². The van der Waals surface area contributed by atoms with E-state index in [9.17, 15) is 4.79 Å². The molecular weight excluding hydrogens is 244 g/mol. The molecule has 1 unspecified atom stereocenters. The van der Waals surface area contributed by atoms with Gasteiger partial charge in [-0.2, -0.15) is 0 Å². The quantitative estimate of drug-likeness (QED) is 0.845. The summed E-state index contributed by atoms with van der Waals surface area (Å²) in [5.41, 5.74) is 8.00. The highest BCUT2D eigenvalue weighted by Gasteiger charge is 2.20. The van der Waals surface area contributed by atoms with Crippen molar-refractivity contribution in [1.29, 1.82) is 0 Å². The first kappa shape index (κ1) is 13.1. The lowest BCUT2D eigenvalue weighted by Gasteiger charge is -2.15. The summed E-state index contributed by atoms with van der Waals surface area (Å²) in [6, 6.07) is 1.25. The maximum atomic E-state index is 11.8. The number of anilines is 1. The Morgan fingerprint density at radius 1 is 1.47 bits per heavy atom. The van der Waals surface area contributed by atoms with E-state index in [1.165, 1.54) is 0 Å². The van der Waals surface area contributed by atoms with Crippen molar-refractivity contribution in [2.75, 3.05) is 12.3 Å². The Hall–Kier alpha value is -2.37. The smallest absolute Gasteiger partial charge is 0.328 e. The molecular formula is C13H16N4O2. The maximum Gasteiger partial charge on any atom is 0.328 e. The molecule has 2 N–H and O–H groups in total. The summed E-state index contributed by atoms with van der Waals surface area (Å²) in [5, 5.41) is 0. The number of pyridine rings is 1. The number of hydrogen-bond donors (Lipinski definition) is 1. The summed E-state index contributed by atoms with van der Waals surface area (Å²) in [6.45, 7) is 3.89. The van der Waals surface area contributed by atoms with Gasteiger partial charge < -0.3 is 15.0 Å². The Morgan fingerprint density at radius 3 is 2.95 bits per heavy atom. The third kappa shape index (κ3) is 2.57. The van der Waals surface area contributed by atoms with Crippen LogP contribution in [0.4, 0.5) is 5.69 Å². The van der Waals surface area contributed by atoms with Gasteiger partial charge >= 0.3 is 5.97 Å². The standard InChI is InChI=1S/C13H16N4O2/c1-3-19-13(18)9(2)17-8-16-7-12(17)10-6-15-5-4-11(10)14/h4-9H,3H2,1-2H3,(H2,14,15). The molecule has 19 heavy (non-hydrogen) atoms. The van der Waals surface area contributed by atoms with E-state index >= 15 is 0 Å². The van der Waals surface area contributed by atoms with Gasteiger partial charge in [-0.05, 0) is 19.9 Å². The van der Waals surface area contributed by atoms with Crippen molar-refractivity contribution in [3.8, 4) is 11.3 Å². The summed E-state index contributed by atoms with van der Waals surface area (Å²) in [6.07, 6.45) is 6.52. The van der Waals surface area contributed by atoms with E-state index in [4.69, 9.17) is 10.5 Å². The fraction of sp³-hybridized carbons (Fsp3) is 0.308. The van der Waals surface area contributed by atoms with Gasteiger partial charge in [-0.25, -0.2) is 9.78 Å². The van der Waals surface area contributed by atoms with Crippen molar-refractivity contribution >= 4 is 11.7 Å². The van der Waals surface area contributed by atoms with Gasteiger partial charge in [0.15, 0.2) is 0 Å². The zero-order valence-electron chi connectivity index (χ0n) is 10.9. The van der Waals surface area contributed by atoms with E-state index in [0.717, 1.165) is 11.3 Å². The minimum Gasteiger partial charge on any atom is -0.464 e. The number of nitrogens with two attached hydrogens (primary N) is 1.